The van der Waals surface area contributed by atoms with Crippen molar-refractivity contribution in [3.63, 3.8) is 0 Å². The van der Waals surface area contributed by atoms with Crippen molar-refractivity contribution in [2.75, 3.05) is 11.5 Å². The Morgan fingerprint density at radius 3 is 3.00 bits per heavy atom. The highest BCUT2D eigenvalue weighted by Crippen LogP contribution is 2.27. The maximum absolute atomic E-state index is 11.7. The maximum Gasteiger partial charge on any atom is 0.187 e. The molecule has 0 atom stereocenters. The normalized spacial score (nSPS) is 17.0. The number of aryl methyl sites for hydroxylation is 1. The Morgan fingerprint density at radius 1 is 1.77 bits per heavy atom. The van der Waals surface area contributed by atoms with Gasteiger partial charge in [0.2, 0.25) is 0 Å². The minimum absolute atomic E-state index is 0.214. The number of rotatable bonds is 3. The van der Waals surface area contributed by atoms with Crippen LogP contribution in [0.15, 0.2) is 12.5 Å². The van der Waals surface area contributed by atoms with E-state index in [0.717, 1.165) is 18.1 Å². The molecule has 0 saturated carbocycles. The van der Waals surface area contributed by atoms with Crippen LogP contribution in [0.5, 0.6) is 0 Å². The molecule has 0 aromatic carbocycles. The van der Waals surface area contributed by atoms with E-state index >= 15 is 0 Å². The molecule has 0 unspecified atom stereocenters. The lowest BCUT2D eigenvalue weighted by molar-refractivity contribution is 0.0934. The first-order valence-electron chi connectivity index (χ1n) is 4.45. The van der Waals surface area contributed by atoms with E-state index in [1.165, 1.54) is 0 Å². The Labute approximate surface area is 81.5 Å². The van der Waals surface area contributed by atoms with Crippen LogP contribution in [0, 0.1) is 5.92 Å². The molecular formula is C9H12N2OS. The first-order valence-corrected chi connectivity index (χ1v) is 5.60. The van der Waals surface area contributed by atoms with Crippen molar-refractivity contribution in [1.29, 1.82) is 0 Å². The third-order valence-electron chi connectivity index (χ3n) is 2.26. The summed E-state index contributed by atoms with van der Waals surface area (Å²) in [6.07, 6.45) is 3.56. The van der Waals surface area contributed by atoms with Crippen molar-refractivity contribution >= 4 is 17.5 Å². The number of hydrogen-bond donors (Lipinski definition) is 0. The molecule has 0 spiro atoms. The minimum atomic E-state index is 0.214. The van der Waals surface area contributed by atoms with E-state index in [9.17, 15) is 4.79 Å². The van der Waals surface area contributed by atoms with Gasteiger partial charge in [-0.3, -0.25) is 4.79 Å². The van der Waals surface area contributed by atoms with Gasteiger partial charge in [-0.2, -0.15) is 11.8 Å². The average molecular weight is 196 g/mol. The molecule has 0 N–H and O–H groups in total. The molecule has 1 aromatic heterocycles. The third kappa shape index (κ3) is 1.63. The molecule has 13 heavy (non-hydrogen) atoms. The fourth-order valence-corrected chi connectivity index (χ4v) is 2.03. The summed E-state index contributed by atoms with van der Waals surface area (Å²) < 4.78 is 1.93. The summed E-state index contributed by atoms with van der Waals surface area (Å²) in [5.74, 6) is 2.38. The minimum Gasteiger partial charge on any atom is -0.337 e. The quantitative estimate of drug-likeness (QED) is 0.686. The molecule has 0 radical (unpaired) electrons. The van der Waals surface area contributed by atoms with Gasteiger partial charge in [-0.15, -0.1) is 0 Å². The van der Waals surface area contributed by atoms with E-state index in [-0.39, 0.29) is 11.7 Å². The molecule has 70 valence electrons. The van der Waals surface area contributed by atoms with Crippen LogP contribution in [-0.4, -0.2) is 26.8 Å². The van der Waals surface area contributed by atoms with Gasteiger partial charge in [0.1, 0.15) is 5.69 Å². The topological polar surface area (TPSA) is 34.9 Å². The molecule has 1 aromatic rings. The number of aromatic nitrogens is 2. The van der Waals surface area contributed by atoms with Gasteiger partial charge < -0.3 is 4.57 Å². The van der Waals surface area contributed by atoms with Crippen LogP contribution in [0.3, 0.4) is 0 Å². The molecule has 3 nitrogen and oxygen atoms in total. The number of ketones is 1. The standard InChI is InChI=1S/C9H12N2OS/c1-2-11-3-8(10-6-11)9(12)7-4-13-5-7/h3,6-7H,2,4-5H2,1H3. The van der Waals surface area contributed by atoms with Gasteiger partial charge in [-0.1, -0.05) is 0 Å². The lowest BCUT2D eigenvalue weighted by Crippen LogP contribution is -2.27. The van der Waals surface area contributed by atoms with Crippen molar-refractivity contribution in [2.45, 2.75) is 13.5 Å². The number of hydrogen-bond acceptors (Lipinski definition) is 3. The number of imidazole rings is 1. The molecule has 1 fully saturated rings. The van der Waals surface area contributed by atoms with E-state index in [2.05, 4.69) is 4.98 Å². The summed E-state index contributed by atoms with van der Waals surface area (Å²) >= 11 is 1.83. The van der Waals surface area contributed by atoms with Crippen LogP contribution in [0.1, 0.15) is 17.4 Å². The molecular weight excluding hydrogens is 184 g/mol. The molecule has 0 bridgehead atoms. The van der Waals surface area contributed by atoms with E-state index in [1.807, 2.05) is 29.4 Å². The zero-order chi connectivity index (χ0) is 9.26. The summed E-state index contributed by atoms with van der Waals surface area (Å²) in [4.78, 5) is 15.8. The van der Waals surface area contributed by atoms with Crippen LogP contribution in [-0.2, 0) is 6.54 Å². The van der Waals surface area contributed by atoms with Gasteiger partial charge in [-0.25, -0.2) is 4.98 Å². The van der Waals surface area contributed by atoms with Gasteiger partial charge in [0, 0.05) is 30.2 Å². The highest BCUT2D eigenvalue weighted by atomic mass is 32.2. The predicted molar refractivity (Wildman–Crippen MR) is 53.0 cm³/mol. The van der Waals surface area contributed by atoms with Gasteiger partial charge in [0.25, 0.3) is 0 Å². The lowest BCUT2D eigenvalue weighted by atomic mass is 10.1. The second kappa shape index (κ2) is 3.54. The molecule has 2 rings (SSSR count). The molecule has 0 aliphatic carbocycles. The van der Waals surface area contributed by atoms with Crippen molar-refractivity contribution in [2.24, 2.45) is 5.92 Å². The van der Waals surface area contributed by atoms with E-state index < -0.39 is 0 Å². The average Bonchev–Trinajstić information content (AvgIpc) is 2.48. The van der Waals surface area contributed by atoms with Gasteiger partial charge in [0.05, 0.1) is 6.33 Å². The number of carbonyl (C=O) groups is 1. The Hall–Kier alpha value is -0.770. The molecule has 1 saturated heterocycles. The van der Waals surface area contributed by atoms with E-state index in [0.29, 0.717) is 5.69 Å². The van der Waals surface area contributed by atoms with Gasteiger partial charge in [0.15, 0.2) is 5.78 Å². The second-order valence-electron chi connectivity index (χ2n) is 3.19. The summed E-state index contributed by atoms with van der Waals surface area (Å²) in [6.45, 7) is 2.91. The Kier molecular flexibility index (Phi) is 2.40. The Morgan fingerprint density at radius 2 is 2.54 bits per heavy atom. The van der Waals surface area contributed by atoms with Crippen LogP contribution < -0.4 is 0 Å². The van der Waals surface area contributed by atoms with E-state index in [4.69, 9.17) is 0 Å². The smallest absolute Gasteiger partial charge is 0.187 e. The summed E-state index contributed by atoms with van der Waals surface area (Å²) in [6, 6.07) is 0. The Balaban J connectivity index is 2.10. The summed E-state index contributed by atoms with van der Waals surface area (Å²) in [5.41, 5.74) is 0.632. The zero-order valence-corrected chi connectivity index (χ0v) is 8.38. The molecule has 4 heteroatoms. The van der Waals surface area contributed by atoms with E-state index in [1.54, 1.807) is 6.33 Å². The fourth-order valence-electron chi connectivity index (χ4n) is 1.26. The van der Waals surface area contributed by atoms with Gasteiger partial charge in [-0.05, 0) is 6.92 Å². The second-order valence-corrected chi connectivity index (χ2v) is 4.26. The number of thioether (sulfide) groups is 1. The summed E-state index contributed by atoms with van der Waals surface area (Å²) in [7, 11) is 0. The highest BCUT2D eigenvalue weighted by Gasteiger charge is 2.28. The number of carbonyl (C=O) groups excluding carboxylic acids is 1. The van der Waals surface area contributed by atoms with Crippen LogP contribution in [0.25, 0.3) is 0 Å². The zero-order valence-electron chi connectivity index (χ0n) is 7.56. The van der Waals surface area contributed by atoms with Crippen molar-refractivity contribution in [3.8, 4) is 0 Å². The monoisotopic (exact) mass is 196 g/mol. The summed E-state index contributed by atoms with van der Waals surface area (Å²) in [5, 5.41) is 0. The maximum atomic E-state index is 11.7. The number of Topliss-reactive ketones (excluding diaryl/α,β-unsaturated/α-hetero) is 1. The van der Waals surface area contributed by atoms with Crippen molar-refractivity contribution in [1.82, 2.24) is 9.55 Å². The molecule has 2 heterocycles. The number of nitrogens with zero attached hydrogens (tertiary/aromatic N) is 2. The van der Waals surface area contributed by atoms with Crippen molar-refractivity contribution < 1.29 is 4.79 Å². The molecule has 1 aliphatic rings. The first-order chi connectivity index (χ1) is 6.31. The molecule has 1 aliphatic heterocycles. The molecule has 0 amide bonds. The Bertz CT molecular complexity index is 317. The first kappa shape index (κ1) is 8.81. The SMILES string of the molecule is CCn1cnc(C(=O)C2CSC2)c1. The van der Waals surface area contributed by atoms with Crippen molar-refractivity contribution in [3.05, 3.63) is 18.2 Å². The highest BCUT2D eigenvalue weighted by molar-refractivity contribution is 8.00. The predicted octanol–water partition coefficient (Wildman–Crippen LogP) is 1.45. The van der Waals surface area contributed by atoms with Gasteiger partial charge >= 0.3 is 0 Å². The van der Waals surface area contributed by atoms with Crippen LogP contribution in [0.2, 0.25) is 0 Å². The van der Waals surface area contributed by atoms with Crippen LogP contribution >= 0.6 is 11.8 Å². The van der Waals surface area contributed by atoms with Crippen LogP contribution in [0.4, 0.5) is 0 Å². The fraction of sp³-hybridized carbons (Fsp3) is 0.556. The largest absolute Gasteiger partial charge is 0.337 e. The third-order valence-corrected chi connectivity index (χ3v) is 3.54. The lowest BCUT2D eigenvalue weighted by Gasteiger charge is -2.22.